The Bertz CT molecular complexity index is 1960. The first-order valence-electron chi connectivity index (χ1n) is 15.7. The highest BCUT2D eigenvalue weighted by Gasteiger charge is 2.38. The molecule has 1 saturated heterocycles. The van der Waals surface area contributed by atoms with Gasteiger partial charge in [-0.15, -0.1) is 0 Å². The predicted molar refractivity (Wildman–Crippen MR) is 181 cm³/mol. The maximum atomic E-state index is 13.9. The smallest absolute Gasteiger partial charge is 0.315 e. The van der Waals surface area contributed by atoms with Gasteiger partial charge in [0, 0.05) is 40.6 Å². The van der Waals surface area contributed by atoms with Crippen molar-refractivity contribution >= 4 is 35.1 Å². The van der Waals surface area contributed by atoms with Crippen LogP contribution in [-0.4, -0.2) is 69.5 Å². The van der Waals surface area contributed by atoms with Gasteiger partial charge in [0.25, 0.3) is 5.91 Å². The number of carbonyl (C=O) groups excluding carboxylic acids is 3. The SMILES string of the molecule is N#CCn1cc(C#Cc2ccc(NC(=O)[C@@H]3COCCN3C(=O)[C@H](NC(=O)NC3CC3)c3ccccc3)cc2)c(-c2cc(Cl)ccc2O)n1. The van der Waals surface area contributed by atoms with Crippen LogP contribution in [0.2, 0.25) is 5.02 Å². The van der Waals surface area contributed by atoms with Crippen LogP contribution in [0.15, 0.2) is 79.0 Å². The molecule has 0 unspecified atom stereocenters. The minimum atomic E-state index is -0.985. The third-order valence-corrected chi connectivity index (χ3v) is 8.22. The fourth-order valence-electron chi connectivity index (χ4n) is 5.33. The number of phenolic OH excluding ortho intramolecular Hbond substituents is 1. The van der Waals surface area contributed by atoms with E-state index in [1.165, 1.54) is 15.6 Å². The Morgan fingerprint density at radius 2 is 1.84 bits per heavy atom. The van der Waals surface area contributed by atoms with E-state index in [4.69, 9.17) is 21.6 Å². The van der Waals surface area contributed by atoms with Crippen LogP contribution in [-0.2, 0) is 20.9 Å². The maximum absolute atomic E-state index is 13.9. The van der Waals surface area contributed by atoms with Crippen LogP contribution in [0.4, 0.5) is 10.5 Å². The third kappa shape index (κ3) is 8.19. The van der Waals surface area contributed by atoms with Gasteiger partial charge in [0.15, 0.2) is 0 Å². The molecule has 1 aromatic heterocycles. The van der Waals surface area contributed by atoms with E-state index >= 15 is 0 Å². The van der Waals surface area contributed by atoms with Gasteiger partial charge in [-0.2, -0.15) is 10.4 Å². The van der Waals surface area contributed by atoms with Gasteiger partial charge in [0.05, 0.1) is 24.8 Å². The first-order chi connectivity index (χ1) is 23.8. The lowest BCUT2D eigenvalue weighted by Gasteiger charge is -2.37. The lowest BCUT2D eigenvalue weighted by atomic mass is 10.0. The summed E-state index contributed by atoms with van der Waals surface area (Å²) in [6.07, 6.45) is 3.43. The second-order valence-corrected chi connectivity index (χ2v) is 12.0. The normalized spacial score (nSPS) is 16.0. The minimum Gasteiger partial charge on any atom is -0.507 e. The highest BCUT2D eigenvalue weighted by molar-refractivity contribution is 6.31. The molecule has 248 valence electrons. The van der Waals surface area contributed by atoms with Crippen LogP contribution in [0.25, 0.3) is 11.3 Å². The fraction of sp³-hybridized carbons (Fsp3) is 0.250. The Hall–Kier alpha value is -5.82. The molecule has 4 amide bonds. The van der Waals surface area contributed by atoms with Gasteiger partial charge >= 0.3 is 6.03 Å². The molecule has 1 aliphatic carbocycles. The molecular weight excluding hydrogens is 646 g/mol. The molecule has 0 spiro atoms. The lowest BCUT2D eigenvalue weighted by molar-refractivity contribution is -0.148. The van der Waals surface area contributed by atoms with Gasteiger partial charge < -0.3 is 30.7 Å². The number of aromatic hydroxyl groups is 1. The number of nitrogens with zero attached hydrogens (tertiary/aromatic N) is 4. The van der Waals surface area contributed by atoms with Crippen molar-refractivity contribution in [2.24, 2.45) is 0 Å². The zero-order chi connectivity index (χ0) is 34.3. The summed E-state index contributed by atoms with van der Waals surface area (Å²) in [4.78, 5) is 41.6. The number of aromatic nitrogens is 2. The molecule has 4 N–H and O–H groups in total. The van der Waals surface area contributed by atoms with E-state index in [9.17, 15) is 19.5 Å². The van der Waals surface area contributed by atoms with Gasteiger partial charge in [-0.1, -0.05) is 53.8 Å². The molecule has 4 aromatic rings. The highest BCUT2D eigenvalue weighted by atomic mass is 35.5. The first-order valence-corrected chi connectivity index (χ1v) is 16.0. The van der Waals surface area contributed by atoms with E-state index in [0.29, 0.717) is 38.7 Å². The molecule has 2 aliphatic rings. The summed E-state index contributed by atoms with van der Waals surface area (Å²) in [6.45, 7) is 0.437. The van der Waals surface area contributed by atoms with E-state index in [1.807, 2.05) is 12.1 Å². The highest BCUT2D eigenvalue weighted by Crippen LogP contribution is 2.33. The number of morpholine rings is 1. The lowest BCUT2D eigenvalue weighted by Crippen LogP contribution is -2.57. The molecule has 3 aromatic carbocycles. The quantitative estimate of drug-likeness (QED) is 0.203. The zero-order valence-corrected chi connectivity index (χ0v) is 27.0. The number of hydrogen-bond donors (Lipinski definition) is 4. The number of urea groups is 1. The summed E-state index contributed by atoms with van der Waals surface area (Å²) in [5.41, 5.74) is 2.98. The number of nitrogens with one attached hydrogen (secondary N) is 3. The number of carbonyl (C=O) groups is 3. The van der Waals surface area contributed by atoms with Crippen molar-refractivity contribution in [2.45, 2.75) is 37.5 Å². The number of amides is 4. The van der Waals surface area contributed by atoms with Crippen LogP contribution in [0.1, 0.15) is 35.6 Å². The van der Waals surface area contributed by atoms with Gasteiger partial charge in [-0.05, 0) is 60.9 Å². The Morgan fingerprint density at radius 3 is 2.57 bits per heavy atom. The second-order valence-electron chi connectivity index (χ2n) is 11.6. The molecule has 1 saturated carbocycles. The number of anilines is 1. The third-order valence-electron chi connectivity index (χ3n) is 7.98. The van der Waals surface area contributed by atoms with Crippen LogP contribution in [0, 0.1) is 23.2 Å². The first kappa shape index (κ1) is 33.1. The molecule has 49 heavy (non-hydrogen) atoms. The predicted octanol–water partition coefficient (Wildman–Crippen LogP) is 4.20. The van der Waals surface area contributed by atoms with Crippen LogP contribution in [0.3, 0.4) is 0 Å². The number of ether oxygens (including phenoxy) is 1. The average molecular weight is 678 g/mol. The van der Waals surface area contributed by atoms with E-state index in [1.54, 1.807) is 66.9 Å². The molecule has 6 rings (SSSR count). The number of benzene rings is 3. The van der Waals surface area contributed by atoms with Gasteiger partial charge in [-0.25, -0.2) is 4.79 Å². The molecule has 2 fully saturated rings. The zero-order valence-electron chi connectivity index (χ0n) is 26.2. The number of halogens is 1. The van der Waals surface area contributed by atoms with E-state index < -0.39 is 29.9 Å². The molecular formula is C36H32ClN7O5. The van der Waals surface area contributed by atoms with Gasteiger partial charge in [0.1, 0.15) is 30.1 Å². The minimum absolute atomic E-state index is 0.000903. The van der Waals surface area contributed by atoms with E-state index in [0.717, 1.165) is 12.8 Å². The molecule has 1 aliphatic heterocycles. The summed E-state index contributed by atoms with van der Waals surface area (Å²) < 4.78 is 7.03. The monoisotopic (exact) mass is 677 g/mol. The number of hydrogen-bond acceptors (Lipinski definition) is 7. The Morgan fingerprint density at radius 1 is 1.06 bits per heavy atom. The van der Waals surface area contributed by atoms with E-state index in [2.05, 4.69) is 32.9 Å². The summed E-state index contributed by atoms with van der Waals surface area (Å²) >= 11 is 6.15. The van der Waals surface area contributed by atoms with Crippen molar-refractivity contribution in [2.75, 3.05) is 25.1 Å². The van der Waals surface area contributed by atoms with Gasteiger partial charge in [0.2, 0.25) is 5.91 Å². The Labute approximate surface area is 287 Å². The number of phenols is 1. The van der Waals surface area contributed by atoms with Crippen LogP contribution >= 0.6 is 11.6 Å². The molecule has 13 heteroatoms. The van der Waals surface area contributed by atoms with Crippen LogP contribution < -0.4 is 16.0 Å². The molecule has 0 radical (unpaired) electrons. The largest absolute Gasteiger partial charge is 0.507 e. The topological polar surface area (TPSA) is 162 Å². The maximum Gasteiger partial charge on any atom is 0.315 e. The molecule has 0 bridgehead atoms. The molecule has 2 atom stereocenters. The average Bonchev–Trinajstić information content (AvgIpc) is 3.84. The second kappa shape index (κ2) is 14.9. The van der Waals surface area contributed by atoms with Crippen LogP contribution in [0.5, 0.6) is 5.75 Å². The van der Waals surface area contributed by atoms with Crippen molar-refractivity contribution in [3.63, 3.8) is 0 Å². The Kier molecular flexibility index (Phi) is 10.1. The van der Waals surface area contributed by atoms with Crippen molar-refractivity contribution in [1.82, 2.24) is 25.3 Å². The number of nitriles is 1. The summed E-state index contributed by atoms with van der Waals surface area (Å²) in [5, 5.41) is 32.9. The van der Waals surface area contributed by atoms with Crippen molar-refractivity contribution in [1.29, 1.82) is 5.26 Å². The van der Waals surface area contributed by atoms with Crippen molar-refractivity contribution in [3.05, 3.63) is 101 Å². The molecule has 2 heterocycles. The summed E-state index contributed by atoms with van der Waals surface area (Å²) in [5.74, 6) is 5.25. The van der Waals surface area contributed by atoms with Crippen molar-refractivity contribution in [3.8, 4) is 34.9 Å². The number of rotatable bonds is 8. The summed E-state index contributed by atoms with van der Waals surface area (Å²) in [7, 11) is 0. The summed E-state index contributed by atoms with van der Waals surface area (Å²) in [6, 6.07) is 20.2. The van der Waals surface area contributed by atoms with Crippen molar-refractivity contribution < 1.29 is 24.2 Å². The Balaban J connectivity index is 1.16. The molecule has 12 nitrogen and oxygen atoms in total. The van der Waals surface area contributed by atoms with Gasteiger partial charge in [-0.3, -0.25) is 14.3 Å². The fourth-order valence-corrected chi connectivity index (χ4v) is 5.51. The van der Waals surface area contributed by atoms with E-state index in [-0.39, 0.29) is 38.1 Å². The standard InChI is InChI=1S/C36H32ClN7O5/c37-26-10-15-31(45)29(20-26)32-25(21-43(42-32)17-16-38)9-6-23-7-11-27(12-8-23)39-34(46)30-22-49-19-18-44(30)35(47)33(24-4-2-1-3-5-24)41-36(48)40-28-13-14-28/h1-5,7-8,10-12,15,20-21,28,30,33,45H,13-14,17-19,22H2,(H,39,46)(H2,40,41,48)/t30-,33+/m0/s1.